The summed E-state index contributed by atoms with van der Waals surface area (Å²) >= 11 is 1.15. The number of carbonyl (C=O) groups excluding carboxylic acids is 1. The Morgan fingerprint density at radius 2 is 2.07 bits per heavy atom. The summed E-state index contributed by atoms with van der Waals surface area (Å²) in [5.41, 5.74) is 4.71. The van der Waals surface area contributed by atoms with E-state index in [9.17, 15) is 23.2 Å². The molecule has 0 radical (unpaired) electrons. The molecule has 1 atom stereocenters. The molecule has 12 heteroatoms. The number of nitriles is 1. The van der Waals surface area contributed by atoms with Crippen LogP contribution in [0.25, 0.3) is 0 Å². The smallest absolute Gasteiger partial charge is 0.416 e. The molecule has 0 saturated heterocycles. The van der Waals surface area contributed by atoms with E-state index < -0.39 is 23.7 Å². The van der Waals surface area contributed by atoms with Crippen molar-refractivity contribution in [2.75, 3.05) is 29.7 Å². The van der Waals surface area contributed by atoms with Crippen molar-refractivity contribution in [3.63, 3.8) is 0 Å². The minimum atomic E-state index is -4.55. The van der Waals surface area contributed by atoms with Crippen molar-refractivity contribution in [2.24, 2.45) is 0 Å². The lowest BCUT2D eigenvalue weighted by Gasteiger charge is -2.19. The van der Waals surface area contributed by atoms with E-state index in [1.165, 1.54) is 14.0 Å². The standard InChI is InChI=1S/C17H17F3N6O2S/c1-8(23-11-6-9(17(18,19)20)4-5-12(11)28-2)14(27)24-13-10(7-21)15(29-3)26-16(22)25-13/h4-6,8,23H,1-3H3,(H3,22,24,25,26,27)/t8-/m0/s1. The fourth-order valence-electron chi connectivity index (χ4n) is 2.32. The van der Waals surface area contributed by atoms with Gasteiger partial charge in [0, 0.05) is 0 Å². The van der Waals surface area contributed by atoms with Crippen molar-refractivity contribution >= 4 is 35.1 Å². The van der Waals surface area contributed by atoms with Gasteiger partial charge in [0.2, 0.25) is 11.9 Å². The molecule has 29 heavy (non-hydrogen) atoms. The molecule has 1 amide bonds. The van der Waals surface area contributed by atoms with Gasteiger partial charge in [0.15, 0.2) is 5.82 Å². The molecule has 4 N–H and O–H groups in total. The number of thioether (sulfide) groups is 1. The maximum absolute atomic E-state index is 13.0. The van der Waals surface area contributed by atoms with Gasteiger partial charge < -0.3 is 21.1 Å². The summed E-state index contributed by atoms with van der Waals surface area (Å²) in [6, 6.07) is 3.78. The second-order valence-electron chi connectivity index (χ2n) is 5.69. The summed E-state index contributed by atoms with van der Waals surface area (Å²) in [7, 11) is 1.30. The number of alkyl halides is 3. The van der Waals surface area contributed by atoms with Crippen molar-refractivity contribution in [1.29, 1.82) is 5.26 Å². The molecule has 2 rings (SSSR count). The first-order valence-electron chi connectivity index (χ1n) is 8.05. The Hall–Kier alpha value is -3.20. The maximum Gasteiger partial charge on any atom is 0.416 e. The number of benzene rings is 1. The highest BCUT2D eigenvalue weighted by Gasteiger charge is 2.31. The van der Waals surface area contributed by atoms with E-state index in [2.05, 4.69) is 20.6 Å². The zero-order valence-corrected chi connectivity index (χ0v) is 16.4. The van der Waals surface area contributed by atoms with Gasteiger partial charge in [-0.3, -0.25) is 4.79 Å². The second kappa shape index (κ2) is 8.87. The maximum atomic E-state index is 13.0. The van der Waals surface area contributed by atoms with Gasteiger partial charge in [-0.05, 0) is 31.4 Å². The van der Waals surface area contributed by atoms with Crippen LogP contribution in [0.3, 0.4) is 0 Å². The molecule has 0 unspecified atom stereocenters. The van der Waals surface area contributed by atoms with Gasteiger partial charge in [-0.15, -0.1) is 11.8 Å². The minimum Gasteiger partial charge on any atom is -0.495 e. The van der Waals surface area contributed by atoms with Crippen LogP contribution in [0.5, 0.6) is 5.75 Å². The molecule has 0 aliphatic rings. The van der Waals surface area contributed by atoms with Gasteiger partial charge in [0.25, 0.3) is 0 Å². The topological polar surface area (TPSA) is 126 Å². The first-order valence-corrected chi connectivity index (χ1v) is 9.27. The Balaban J connectivity index is 2.27. The fourth-order valence-corrected chi connectivity index (χ4v) is 2.85. The number of aromatic nitrogens is 2. The molecule has 154 valence electrons. The summed E-state index contributed by atoms with van der Waals surface area (Å²) in [6.45, 7) is 1.43. The van der Waals surface area contributed by atoms with Crippen molar-refractivity contribution in [3.05, 3.63) is 29.3 Å². The number of nitrogen functional groups attached to an aromatic ring is 1. The Bertz CT molecular complexity index is 961. The molecular weight excluding hydrogens is 409 g/mol. The first-order chi connectivity index (χ1) is 13.6. The highest BCUT2D eigenvalue weighted by molar-refractivity contribution is 7.98. The third kappa shape index (κ3) is 5.20. The van der Waals surface area contributed by atoms with Crippen molar-refractivity contribution in [3.8, 4) is 11.8 Å². The second-order valence-corrected chi connectivity index (χ2v) is 6.49. The lowest BCUT2D eigenvalue weighted by atomic mass is 10.1. The van der Waals surface area contributed by atoms with Gasteiger partial charge in [0.05, 0.1) is 18.4 Å². The van der Waals surface area contributed by atoms with Crippen LogP contribution in [0.2, 0.25) is 0 Å². The number of amides is 1. The summed E-state index contributed by atoms with van der Waals surface area (Å²) in [5, 5.41) is 14.7. The van der Waals surface area contributed by atoms with Crippen LogP contribution in [-0.4, -0.2) is 35.3 Å². The van der Waals surface area contributed by atoms with Gasteiger partial charge in [-0.2, -0.15) is 23.4 Å². The number of ether oxygens (including phenoxy) is 1. The molecule has 0 aliphatic carbocycles. The Morgan fingerprint density at radius 1 is 1.38 bits per heavy atom. The average Bonchev–Trinajstić information content (AvgIpc) is 2.66. The van der Waals surface area contributed by atoms with Gasteiger partial charge in [-0.1, -0.05) is 0 Å². The van der Waals surface area contributed by atoms with Crippen LogP contribution in [0.15, 0.2) is 23.2 Å². The number of nitrogens with zero attached hydrogens (tertiary/aromatic N) is 3. The molecular formula is C17H17F3N6O2S. The van der Waals surface area contributed by atoms with Crippen LogP contribution in [-0.2, 0) is 11.0 Å². The Morgan fingerprint density at radius 3 is 2.62 bits per heavy atom. The summed E-state index contributed by atoms with van der Waals surface area (Å²) in [5.74, 6) is -0.736. The molecule has 2 aromatic rings. The normalized spacial score (nSPS) is 12.0. The quantitative estimate of drug-likeness (QED) is 0.475. The largest absolute Gasteiger partial charge is 0.495 e. The SMILES string of the molecule is COc1ccc(C(F)(F)F)cc1N[C@@H](C)C(=O)Nc1nc(N)nc(SC)c1C#N. The summed E-state index contributed by atoms with van der Waals surface area (Å²) in [4.78, 5) is 20.3. The van der Waals surface area contributed by atoms with E-state index in [1.807, 2.05) is 6.07 Å². The van der Waals surface area contributed by atoms with Crippen LogP contribution in [0.4, 0.5) is 30.6 Å². The van der Waals surface area contributed by atoms with Crippen LogP contribution >= 0.6 is 11.8 Å². The van der Waals surface area contributed by atoms with Crippen molar-refractivity contribution in [1.82, 2.24) is 9.97 Å². The number of methoxy groups -OCH3 is 1. The monoisotopic (exact) mass is 426 g/mol. The van der Waals surface area contributed by atoms with Crippen LogP contribution in [0.1, 0.15) is 18.1 Å². The lowest BCUT2D eigenvalue weighted by Crippen LogP contribution is -2.33. The Labute approximate surface area is 168 Å². The molecule has 8 nitrogen and oxygen atoms in total. The molecule has 1 heterocycles. The molecule has 0 bridgehead atoms. The van der Waals surface area contributed by atoms with Crippen LogP contribution in [0, 0.1) is 11.3 Å². The van der Waals surface area contributed by atoms with E-state index in [1.54, 1.807) is 6.26 Å². The Kier molecular flexibility index (Phi) is 6.76. The average molecular weight is 426 g/mol. The predicted octanol–water partition coefficient (Wildman–Crippen LogP) is 3.12. The number of hydrogen-bond acceptors (Lipinski definition) is 8. The van der Waals surface area contributed by atoms with E-state index in [4.69, 9.17) is 10.5 Å². The lowest BCUT2D eigenvalue weighted by molar-refractivity contribution is -0.137. The van der Waals surface area contributed by atoms with Crippen molar-refractivity contribution < 1.29 is 22.7 Å². The first kappa shape index (κ1) is 22.1. The minimum absolute atomic E-state index is 0.0162. The third-order valence-corrected chi connectivity index (χ3v) is 4.41. The zero-order chi connectivity index (χ0) is 21.8. The van der Waals surface area contributed by atoms with Gasteiger partial charge >= 0.3 is 6.18 Å². The molecule has 0 saturated carbocycles. The number of nitrogens with one attached hydrogen (secondary N) is 2. The highest BCUT2D eigenvalue weighted by atomic mass is 32.2. The highest BCUT2D eigenvalue weighted by Crippen LogP contribution is 2.35. The predicted molar refractivity (Wildman–Crippen MR) is 103 cm³/mol. The molecule has 0 fully saturated rings. The molecule has 0 spiro atoms. The van der Waals surface area contributed by atoms with E-state index >= 15 is 0 Å². The summed E-state index contributed by atoms with van der Waals surface area (Å²) < 4.78 is 44.0. The van der Waals surface area contributed by atoms with Gasteiger partial charge in [-0.25, -0.2) is 4.98 Å². The van der Waals surface area contributed by atoms with E-state index in [-0.39, 0.29) is 33.8 Å². The zero-order valence-electron chi connectivity index (χ0n) is 15.6. The number of anilines is 3. The number of carbonyl (C=O) groups is 1. The molecule has 1 aromatic carbocycles. The molecule has 1 aromatic heterocycles. The summed E-state index contributed by atoms with van der Waals surface area (Å²) in [6.07, 6.45) is -2.87. The van der Waals surface area contributed by atoms with E-state index in [0.717, 1.165) is 30.0 Å². The van der Waals surface area contributed by atoms with Crippen LogP contribution < -0.4 is 21.1 Å². The van der Waals surface area contributed by atoms with Gasteiger partial charge in [0.1, 0.15) is 28.4 Å². The van der Waals surface area contributed by atoms with Crippen molar-refractivity contribution in [2.45, 2.75) is 24.2 Å². The number of hydrogen-bond donors (Lipinski definition) is 3. The molecule has 0 aliphatic heterocycles. The third-order valence-electron chi connectivity index (χ3n) is 3.73. The number of nitrogens with two attached hydrogens (primary N) is 1. The fraction of sp³-hybridized carbons (Fsp3) is 0.294. The number of halogens is 3. The van der Waals surface area contributed by atoms with E-state index in [0.29, 0.717) is 0 Å². The number of rotatable bonds is 6.